The first-order valence-electron chi connectivity index (χ1n) is 4.40. The third-order valence-electron chi connectivity index (χ3n) is 1.62. The second-order valence-corrected chi connectivity index (χ2v) is 3.25. The molecular weight excluding hydrogens is 200 g/mol. The Morgan fingerprint density at radius 2 is 2.20 bits per heavy atom. The van der Waals surface area contributed by atoms with Crippen LogP contribution in [0.1, 0.15) is 30.4 Å². The summed E-state index contributed by atoms with van der Waals surface area (Å²) in [5, 5.41) is 6.04. The molecule has 1 heterocycles. The smallest absolute Gasteiger partial charge is 0.315 e. The Hall–Kier alpha value is -1.92. The van der Waals surface area contributed by atoms with E-state index in [1.165, 1.54) is 0 Å². The van der Waals surface area contributed by atoms with E-state index in [4.69, 9.17) is 5.73 Å². The van der Waals surface area contributed by atoms with Crippen LogP contribution in [-0.4, -0.2) is 22.0 Å². The Kier molecular flexibility index (Phi) is 3.37. The average Bonchev–Trinajstić information content (AvgIpc) is 2.62. The van der Waals surface area contributed by atoms with Crippen LogP contribution in [0, 0.1) is 5.92 Å². The molecule has 1 rings (SSSR count). The maximum atomic E-state index is 11.2. The fraction of sp³-hybridized carbons (Fsp3) is 0.500. The molecule has 2 amide bonds. The predicted octanol–water partition coefficient (Wildman–Crippen LogP) is -0.559. The number of amides is 2. The lowest BCUT2D eigenvalue weighted by molar-refractivity contribution is -0.124. The number of nitrogens with one attached hydrogen (secondary N) is 1. The zero-order chi connectivity index (χ0) is 11.4. The highest BCUT2D eigenvalue weighted by atomic mass is 16.5. The van der Waals surface area contributed by atoms with Gasteiger partial charge in [0.2, 0.25) is 5.91 Å². The van der Waals surface area contributed by atoms with Crippen molar-refractivity contribution < 1.29 is 14.1 Å². The lowest BCUT2D eigenvalue weighted by Gasteiger charge is -2.03. The zero-order valence-electron chi connectivity index (χ0n) is 8.48. The van der Waals surface area contributed by atoms with E-state index in [9.17, 15) is 9.59 Å². The Morgan fingerprint density at radius 1 is 1.53 bits per heavy atom. The molecule has 0 unspecified atom stereocenters. The SMILES string of the molecule is CC(C)C(=O)NCc1noc(C(N)=O)n1. The van der Waals surface area contributed by atoms with Gasteiger partial charge in [-0.15, -0.1) is 0 Å². The van der Waals surface area contributed by atoms with Gasteiger partial charge in [0.1, 0.15) is 0 Å². The molecule has 1 aromatic rings. The van der Waals surface area contributed by atoms with E-state index in [0.29, 0.717) is 0 Å². The van der Waals surface area contributed by atoms with Gasteiger partial charge in [-0.3, -0.25) is 9.59 Å². The third-order valence-corrected chi connectivity index (χ3v) is 1.62. The molecular formula is C8H12N4O3. The van der Waals surface area contributed by atoms with Gasteiger partial charge >= 0.3 is 11.8 Å². The lowest BCUT2D eigenvalue weighted by Crippen LogP contribution is -2.27. The van der Waals surface area contributed by atoms with Crippen molar-refractivity contribution in [2.24, 2.45) is 11.7 Å². The molecule has 0 bridgehead atoms. The fourth-order valence-electron chi connectivity index (χ4n) is 0.796. The molecule has 0 aliphatic carbocycles. The summed E-state index contributed by atoms with van der Waals surface area (Å²) in [5.74, 6) is -1.07. The number of aromatic nitrogens is 2. The highest BCUT2D eigenvalue weighted by molar-refractivity contribution is 5.87. The maximum Gasteiger partial charge on any atom is 0.315 e. The van der Waals surface area contributed by atoms with Crippen LogP contribution in [-0.2, 0) is 11.3 Å². The summed E-state index contributed by atoms with van der Waals surface area (Å²) in [5.41, 5.74) is 4.91. The number of rotatable bonds is 4. The third kappa shape index (κ3) is 3.04. The molecule has 7 heteroatoms. The van der Waals surface area contributed by atoms with Crippen LogP contribution in [0.2, 0.25) is 0 Å². The van der Waals surface area contributed by atoms with Crippen LogP contribution in [0.3, 0.4) is 0 Å². The summed E-state index contributed by atoms with van der Waals surface area (Å²) in [6.07, 6.45) is 0. The molecule has 0 saturated heterocycles. The number of carbonyl (C=O) groups excluding carboxylic acids is 2. The summed E-state index contributed by atoms with van der Waals surface area (Å²) in [7, 11) is 0. The van der Waals surface area contributed by atoms with Crippen LogP contribution in [0.4, 0.5) is 0 Å². The topological polar surface area (TPSA) is 111 Å². The van der Waals surface area contributed by atoms with Crippen LogP contribution in [0.5, 0.6) is 0 Å². The lowest BCUT2D eigenvalue weighted by atomic mass is 10.2. The standard InChI is InChI=1S/C8H12N4O3/c1-4(2)7(14)10-3-5-11-8(6(9)13)15-12-5/h4H,3H2,1-2H3,(H2,9,13)(H,10,14). The molecule has 0 saturated carbocycles. The van der Waals surface area contributed by atoms with Crippen LogP contribution in [0.25, 0.3) is 0 Å². The molecule has 0 atom stereocenters. The molecule has 0 spiro atoms. The monoisotopic (exact) mass is 212 g/mol. The van der Waals surface area contributed by atoms with Gasteiger partial charge in [-0.05, 0) is 0 Å². The Morgan fingerprint density at radius 3 is 2.67 bits per heavy atom. The number of primary amides is 1. The van der Waals surface area contributed by atoms with Crippen molar-refractivity contribution in [1.82, 2.24) is 15.5 Å². The summed E-state index contributed by atoms with van der Waals surface area (Å²) >= 11 is 0. The highest BCUT2D eigenvalue weighted by Gasteiger charge is 2.12. The van der Waals surface area contributed by atoms with Crippen LogP contribution < -0.4 is 11.1 Å². The number of nitrogens with two attached hydrogens (primary N) is 1. The van der Waals surface area contributed by atoms with Gasteiger partial charge in [0.05, 0.1) is 6.54 Å². The van der Waals surface area contributed by atoms with E-state index in [-0.39, 0.29) is 30.1 Å². The van der Waals surface area contributed by atoms with Crippen molar-refractivity contribution in [3.05, 3.63) is 11.7 Å². The first-order chi connectivity index (χ1) is 7.00. The largest absolute Gasteiger partial charge is 0.361 e. The van der Waals surface area contributed by atoms with Crippen molar-refractivity contribution >= 4 is 11.8 Å². The van der Waals surface area contributed by atoms with Gasteiger partial charge in [0, 0.05) is 5.92 Å². The van der Waals surface area contributed by atoms with Gasteiger partial charge in [-0.1, -0.05) is 19.0 Å². The second kappa shape index (κ2) is 4.54. The summed E-state index contributed by atoms with van der Waals surface area (Å²) in [4.78, 5) is 25.4. The number of nitrogens with zero attached hydrogens (tertiary/aromatic N) is 2. The van der Waals surface area contributed by atoms with E-state index in [2.05, 4.69) is 20.0 Å². The molecule has 0 radical (unpaired) electrons. The van der Waals surface area contributed by atoms with E-state index >= 15 is 0 Å². The summed E-state index contributed by atoms with van der Waals surface area (Å²) < 4.78 is 4.53. The van der Waals surface area contributed by atoms with E-state index in [0.717, 1.165) is 0 Å². The van der Waals surface area contributed by atoms with E-state index < -0.39 is 5.91 Å². The van der Waals surface area contributed by atoms with Gasteiger partial charge in [-0.2, -0.15) is 4.98 Å². The molecule has 82 valence electrons. The molecule has 1 aromatic heterocycles. The first-order valence-corrected chi connectivity index (χ1v) is 4.40. The van der Waals surface area contributed by atoms with Gasteiger partial charge < -0.3 is 15.6 Å². The van der Waals surface area contributed by atoms with Crippen molar-refractivity contribution in [3.8, 4) is 0 Å². The summed E-state index contributed by atoms with van der Waals surface area (Å²) in [6.45, 7) is 3.65. The first kappa shape index (κ1) is 11.2. The number of hydrogen-bond donors (Lipinski definition) is 2. The molecule has 15 heavy (non-hydrogen) atoms. The maximum absolute atomic E-state index is 11.2. The van der Waals surface area contributed by atoms with Crippen molar-refractivity contribution in [1.29, 1.82) is 0 Å². The van der Waals surface area contributed by atoms with Gasteiger partial charge in [-0.25, -0.2) is 0 Å². The van der Waals surface area contributed by atoms with E-state index in [1.807, 2.05) is 0 Å². The summed E-state index contributed by atoms with van der Waals surface area (Å²) in [6, 6.07) is 0. The van der Waals surface area contributed by atoms with Crippen LogP contribution >= 0.6 is 0 Å². The van der Waals surface area contributed by atoms with Gasteiger partial charge in [0.15, 0.2) is 5.82 Å². The van der Waals surface area contributed by atoms with Crippen LogP contribution in [0.15, 0.2) is 4.52 Å². The minimum atomic E-state index is -0.788. The minimum absolute atomic E-state index is 0.118. The van der Waals surface area contributed by atoms with Crippen molar-refractivity contribution in [2.75, 3.05) is 0 Å². The fourth-order valence-corrected chi connectivity index (χ4v) is 0.796. The molecule has 7 nitrogen and oxygen atoms in total. The highest BCUT2D eigenvalue weighted by Crippen LogP contribution is 1.97. The molecule has 0 aliphatic heterocycles. The number of carbonyl (C=O) groups is 2. The Bertz CT molecular complexity index is 372. The second-order valence-electron chi connectivity index (χ2n) is 3.25. The zero-order valence-corrected chi connectivity index (χ0v) is 8.48. The van der Waals surface area contributed by atoms with Crippen molar-refractivity contribution in [3.63, 3.8) is 0 Å². The molecule has 0 aromatic carbocycles. The van der Waals surface area contributed by atoms with E-state index in [1.54, 1.807) is 13.8 Å². The molecule has 3 N–H and O–H groups in total. The normalized spacial score (nSPS) is 10.3. The van der Waals surface area contributed by atoms with Crippen molar-refractivity contribution in [2.45, 2.75) is 20.4 Å². The van der Waals surface area contributed by atoms with Gasteiger partial charge in [0.25, 0.3) is 0 Å². The molecule has 0 aliphatic rings. The minimum Gasteiger partial charge on any atom is -0.361 e. The quantitative estimate of drug-likeness (QED) is 0.694. The average molecular weight is 212 g/mol. The predicted molar refractivity (Wildman–Crippen MR) is 49.5 cm³/mol. The Labute approximate surface area is 86.0 Å². The Balaban J connectivity index is 2.51. The molecule has 0 fully saturated rings. The number of hydrogen-bond acceptors (Lipinski definition) is 5.